The van der Waals surface area contributed by atoms with Gasteiger partial charge in [-0.05, 0) is 33.4 Å². The largest absolute Gasteiger partial charge is 0.310 e. The van der Waals surface area contributed by atoms with Gasteiger partial charge in [0.2, 0.25) is 0 Å². The molecule has 1 unspecified atom stereocenters. The predicted molar refractivity (Wildman–Crippen MR) is 76.4 cm³/mol. The molecule has 6 heteroatoms. The summed E-state index contributed by atoms with van der Waals surface area (Å²) < 4.78 is 4.16. The van der Waals surface area contributed by atoms with E-state index >= 15 is 0 Å². The fraction of sp³-hybridized carbons (Fsp3) is 0.692. The topological polar surface area (TPSA) is 38.9 Å². The molecule has 0 radical (unpaired) electrons. The smallest absolute Gasteiger partial charge is 0.158 e. The Morgan fingerprint density at radius 2 is 2.16 bits per heavy atom. The number of alkyl halides is 1. The lowest BCUT2D eigenvalue weighted by molar-refractivity contribution is 0.282. The highest BCUT2D eigenvalue weighted by Crippen LogP contribution is 2.24. The van der Waals surface area contributed by atoms with E-state index in [-0.39, 0.29) is 0 Å². The maximum absolute atomic E-state index is 6.06. The van der Waals surface area contributed by atoms with Gasteiger partial charge < -0.3 is 9.47 Å². The second-order valence-electron chi connectivity index (χ2n) is 5.43. The average Bonchev–Trinajstić information content (AvgIpc) is 3.00. The third-order valence-electron chi connectivity index (χ3n) is 4.15. The van der Waals surface area contributed by atoms with E-state index in [9.17, 15) is 0 Å². The van der Waals surface area contributed by atoms with Crippen LogP contribution in [-0.4, -0.2) is 43.9 Å². The monoisotopic (exact) mass is 281 g/mol. The zero-order valence-corrected chi connectivity index (χ0v) is 12.5. The number of likely N-dealkylation sites (tertiary alicyclic amines) is 1. The summed E-state index contributed by atoms with van der Waals surface area (Å²) in [6.07, 6.45) is 2.52. The van der Waals surface area contributed by atoms with Gasteiger partial charge in [-0.25, -0.2) is 4.98 Å². The Bertz CT molecular complexity index is 600. The van der Waals surface area contributed by atoms with Gasteiger partial charge in [0.1, 0.15) is 11.3 Å². The highest BCUT2D eigenvalue weighted by molar-refractivity contribution is 6.16. The minimum Gasteiger partial charge on any atom is -0.310 e. The molecule has 1 fully saturated rings. The molecule has 0 amide bonds. The van der Waals surface area contributed by atoms with Crippen LogP contribution in [0.25, 0.3) is 11.2 Å². The first-order chi connectivity index (χ1) is 9.11. The van der Waals surface area contributed by atoms with Crippen LogP contribution < -0.4 is 0 Å². The third-order valence-corrected chi connectivity index (χ3v) is 4.39. The van der Waals surface area contributed by atoms with Crippen LogP contribution in [0.1, 0.15) is 24.4 Å². The lowest BCUT2D eigenvalue weighted by Gasteiger charge is -2.21. The summed E-state index contributed by atoms with van der Waals surface area (Å²) in [6.45, 7) is 4.14. The minimum atomic E-state index is 0.449. The van der Waals surface area contributed by atoms with Crippen LogP contribution in [-0.2, 0) is 19.5 Å². The maximum atomic E-state index is 6.06. The summed E-state index contributed by atoms with van der Waals surface area (Å²) in [6, 6.07) is 0.578. The summed E-state index contributed by atoms with van der Waals surface area (Å²) in [5, 5.41) is 4.46. The maximum Gasteiger partial charge on any atom is 0.158 e. The molecule has 0 spiro atoms. The van der Waals surface area contributed by atoms with Crippen LogP contribution in [0.2, 0.25) is 0 Å². The number of halogens is 1. The third kappa shape index (κ3) is 2.05. The molecule has 2 aromatic rings. The molecule has 0 aliphatic carbocycles. The first kappa shape index (κ1) is 12.9. The first-order valence-corrected chi connectivity index (χ1v) is 7.30. The van der Waals surface area contributed by atoms with Gasteiger partial charge in [-0.1, -0.05) is 0 Å². The Labute approximate surface area is 118 Å². The Kier molecular flexibility index (Phi) is 3.27. The summed E-state index contributed by atoms with van der Waals surface area (Å²) in [5.41, 5.74) is 3.05. The number of hydrogen-bond donors (Lipinski definition) is 0. The van der Waals surface area contributed by atoms with Crippen molar-refractivity contribution in [2.24, 2.45) is 7.05 Å². The summed E-state index contributed by atoms with van der Waals surface area (Å²) in [4.78, 5) is 7.07. The molecule has 0 bridgehead atoms. The molecule has 1 aliphatic rings. The van der Waals surface area contributed by atoms with Crippen molar-refractivity contribution in [2.45, 2.75) is 38.2 Å². The first-order valence-electron chi connectivity index (χ1n) is 6.76. The van der Waals surface area contributed by atoms with Crippen LogP contribution in [0.15, 0.2) is 0 Å². The van der Waals surface area contributed by atoms with E-state index in [1.165, 1.54) is 19.4 Å². The summed E-state index contributed by atoms with van der Waals surface area (Å²) in [7, 11) is 4.17. The molecule has 0 N–H and O–H groups in total. The van der Waals surface area contributed by atoms with Crippen molar-refractivity contribution in [3.05, 3.63) is 11.5 Å². The van der Waals surface area contributed by atoms with Gasteiger partial charge in [0, 0.05) is 19.6 Å². The SMILES string of the molecule is Cc1nn(C)c2c1nc(CCl)n2CC1CCCN1C. The number of aromatic nitrogens is 4. The molecule has 2 aromatic heterocycles. The zero-order chi connectivity index (χ0) is 13.6. The quantitative estimate of drug-likeness (QED) is 0.807. The second kappa shape index (κ2) is 4.80. The molecular weight excluding hydrogens is 262 g/mol. The van der Waals surface area contributed by atoms with E-state index in [4.69, 9.17) is 11.6 Å². The van der Waals surface area contributed by atoms with Crippen molar-refractivity contribution in [1.29, 1.82) is 0 Å². The lowest BCUT2D eigenvalue weighted by Crippen LogP contribution is -2.30. The molecule has 1 atom stereocenters. The Morgan fingerprint density at radius 1 is 1.37 bits per heavy atom. The number of fused-ring (bicyclic) bond motifs is 1. The Morgan fingerprint density at radius 3 is 2.79 bits per heavy atom. The Balaban J connectivity index is 2.05. The van der Waals surface area contributed by atoms with Gasteiger partial charge in [-0.15, -0.1) is 11.6 Å². The van der Waals surface area contributed by atoms with Gasteiger partial charge in [0.15, 0.2) is 5.65 Å². The molecule has 0 saturated carbocycles. The molecule has 5 nitrogen and oxygen atoms in total. The van der Waals surface area contributed by atoms with Crippen LogP contribution >= 0.6 is 11.6 Å². The van der Waals surface area contributed by atoms with E-state index in [2.05, 4.69) is 26.6 Å². The van der Waals surface area contributed by atoms with E-state index < -0.39 is 0 Å². The highest BCUT2D eigenvalue weighted by atomic mass is 35.5. The standard InChI is InChI=1S/C13H20ClN5/c1-9-12-13(18(3)16-9)19(11(7-14)15-12)8-10-5-4-6-17(10)2/h10H,4-8H2,1-3H3. The summed E-state index contributed by atoms with van der Waals surface area (Å²) >= 11 is 6.06. The molecule has 1 saturated heterocycles. The number of imidazole rings is 1. The minimum absolute atomic E-state index is 0.449. The molecule has 104 valence electrons. The van der Waals surface area contributed by atoms with Crippen molar-refractivity contribution in [1.82, 2.24) is 24.2 Å². The fourth-order valence-electron chi connectivity index (χ4n) is 3.09. The number of aryl methyl sites for hydroxylation is 2. The van der Waals surface area contributed by atoms with Gasteiger partial charge >= 0.3 is 0 Å². The molecule has 3 rings (SSSR count). The predicted octanol–water partition coefficient (Wildman–Crippen LogP) is 1.91. The molecule has 19 heavy (non-hydrogen) atoms. The highest BCUT2D eigenvalue weighted by Gasteiger charge is 2.24. The van der Waals surface area contributed by atoms with Gasteiger partial charge in [-0.2, -0.15) is 5.10 Å². The zero-order valence-electron chi connectivity index (χ0n) is 11.7. The molecule has 1 aliphatic heterocycles. The van der Waals surface area contributed by atoms with Crippen molar-refractivity contribution in [3.63, 3.8) is 0 Å². The average molecular weight is 282 g/mol. The van der Waals surface area contributed by atoms with Crippen LogP contribution in [0.4, 0.5) is 0 Å². The molecular formula is C13H20ClN5. The van der Waals surface area contributed by atoms with E-state index in [1.54, 1.807) is 0 Å². The summed E-state index contributed by atoms with van der Waals surface area (Å²) in [5.74, 6) is 1.40. The van der Waals surface area contributed by atoms with Crippen molar-refractivity contribution in [3.8, 4) is 0 Å². The van der Waals surface area contributed by atoms with E-state index in [0.29, 0.717) is 11.9 Å². The van der Waals surface area contributed by atoms with Crippen molar-refractivity contribution >= 4 is 22.8 Å². The number of rotatable bonds is 3. The number of nitrogens with zero attached hydrogens (tertiary/aromatic N) is 5. The fourth-order valence-corrected chi connectivity index (χ4v) is 3.30. The number of hydrogen-bond acceptors (Lipinski definition) is 3. The van der Waals surface area contributed by atoms with Gasteiger partial charge in [-0.3, -0.25) is 4.68 Å². The Hall–Kier alpha value is -1.07. The second-order valence-corrected chi connectivity index (χ2v) is 5.70. The van der Waals surface area contributed by atoms with E-state index in [0.717, 1.165) is 29.2 Å². The van der Waals surface area contributed by atoms with Crippen LogP contribution in [0.5, 0.6) is 0 Å². The van der Waals surface area contributed by atoms with Gasteiger partial charge in [0.25, 0.3) is 0 Å². The van der Waals surface area contributed by atoms with E-state index in [1.807, 2.05) is 18.7 Å². The van der Waals surface area contributed by atoms with Crippen molar-refractivity contribution in [2.75, 3.05) is 13.6 Å². The lowest BCUT2D eigenvalue weighted by atomic mass is 10.2. The molecule has 3 heterocycles. The van der Waals surface area contributed by atoms with Gasteiger partial charge in [0.05, 0.1) is 11.6 Å². The van der Waals surface area contributed by atoms with Crippen LogP contribution in [0, 0.1) is 6.92 Å². The van der Waals surface area contributed by atoms with Crippen molar-refractivity contribution < 1.29 is 0 Å². The van der Waals surface area contributed by atoms with Crippen LogP contribution in [0.3, 0.4) is 0 Å². The molecule has 0 aromatic carbocycles. The number of likely N-dealkylation sites (N-methyl/N-ethyl adjacent to an activating group) is 1. The normalized spacial score (nSPS) is 20.7.